The molecule has 1 aromatic rings. The van der Waals surface area contributed by atoms with Crippen LogP contribution >= 0.6 is 11.6 Å². The molecular formula is C19H20ClN3O5. The summed E-state index contributed by atoms with van der Waals surface area (Å²) >= 11 is 5.85. The number of likely N-dealkylation sites (tertiary alicyclic amines) is 1. The van der Waals surface area contributed by atoms with Gasteiger partial charge in [-0.05, 0) is 44.0 Å². The van der Waals surface area contributed by atoms with Crippen molar-refractivity contribution in [3.05, 3.63) is 41.1 Å². The molecule has 0 bridgehead atoms. The van der Waals surface area contributed by atoms with E-state index in [4.69, 9.17) is 16.3 Å². The van der Waals surface area contributed by atoms with Gasteiger partial charge in [0.15, 0.2) is 0 Å². The lowest BCUT2D eigenvalue weighted by atomic mass is 9.97. The number of esters is 1. The quantitative estimate of drug-likeness (QED) is 0.468. The molecule has 0 atom stereocenters. The monoisotopic (exact) mass is 405 g/mol. The molecule has 4 amide bonds. The van der Waals surface area contributed by atoms with Gasteiger partial charge in [-0.3, -0.25) is 19.7 Å². The molecule has 9 heteroatoms. The molecule has 2 saturated heterocycles. The molecule has 148 valence electrons. The minimum Gasteiger partial charge on any atom is -0.466 e. The number of carbonyl (C=O) groups is 4. The number of urea groups is 1. The Kier molecular flexibility index (Phi) is 5.99. The number of hydrogen-bond acceptors (Lipinski definition) is 6. The Balaban J connectivity index is 1.75. The van der Waals surface area contributed by atoms with Gasteiger partial charge in [-0.25, -0.2) is 9.69 Å². The molecule has 1 N–H and O–H groups in total. The summed E-state index contributed by atoms with van der Waals surface area (Å²) in [5, 5.41) is 2.64. The summed E-state index contributed by atoms with van der Waals surface area (Å²) in [5.74, 6) is -1.85. The first-order valence-electron chi connectivity index (χ1n) is 8.98. The van der Waals surface area contributed by atoms with Gasteiger partial charge >= 0.3 is 12.0 Å². The highest BCUT2D eigenvalue weighted by atomic mass is 35.5. The number of ether oxygens (including phenoxy) is 1. The van der Waals surface area contributed by atoms with Crippen molar-refractivity contribution in [2.24, 2.45) is 5.92 Å². The SMILES string of the molecule is CCOC(=O)C1CCN(C=C2C(=O)NC(=O)N(c3ccc(Cl)cc3)C2=O)CC1. The predicted octanol–water partition coefficient (Wildman–Crippen LogP) is 2.08. The third-order valence-electron chi connectivity index (χ3n) is 4.65. The van der Waals surface area contributed by atoms with Gasteiger partial charge in [0.25, 0.3) is 11.8 Å². The lowest BCUT2D eigenvalue weighted by molar-refractivity contribution is -0.149. The van der Waals surface area contributed by atoms with Gasteiger partial charge in [0.05, 0.1) is 18.2 Å². The van der Waals surface area contributed by atoms with E-state index in [9.17, 15) is 19.2 Å². The summed E-state index contributed by atoms with van der Waals surface area (Å²) in [6.45, 7) is 3.11. The smallest absolute Gasteiger partial charge is 0.335 e. The molecule has 0 radical (unpaired) electrons. The molecule has 0 aliphatic carbocycles. The Bertz CT molecular complexity index is 828. The predicted molar refractivity (Wildman–Crippen MR) is 101 cm³/mol. The molecule has 1 aromatic carbocycles. The normalized spacial score (nSPS) is 19.8. The zero-order chi connectivity index (χ0) is 20.3. The van der Waals surface area contributed by atoms with Crippen LogP contribution in [0.4, 0.5) is 10.5 Å². The molecule has 0 spiro atoms. The van der Waals surface area contributed by atoms with Crippen molar-refractivity contribution >= 4 is 41.1 Å². The van der Waals surface area contributed by atoms with E-state index < -0.39 is 17.8 Å². The molecular weight excluding hydrogens is 386 g/mol. The molecule has 2 aliphatic rings. The maximum atomic E-state index is 12.8. The third kappa shape index (κ3) is 4.17. The van der Waals surface area contributed by atoms with Crippen molar-refractivity contribution in [2.45, 2.75) is 19.8 Å². The van der Waals surface area contributed by atoms with Gasteiger partial charge in [-0.2, -0.15) is 0 Å². The van der Waals surface area contributed by atoms with E-state index in [1.54, 1.807) is 24.0 Å². The number of nitrogens with one attached hydrogen (secondary N) is 1. The maximum Gasteiger partial charge on any atom is 0.335 e. The molecule has 2 fully saturated rings. The average Bonchev–Trinajstić information content (AvgIpc) is 2.67. The first-order chi connectivity index (χ1) is 13.4. The molecule has 8 nitrogen and oxygen atoms in total. The fourth-order valence-corrected chi connectivity index (χ4v) is 3.30. The summed E-state index contributed by atoms with van der Waals surface area (Å²) in [7, 11) is 0. The van der Waals surface area contributed by atoms with Gasteiger partial charge in [-0.15, -0.1) is 0 Å². The Labute approximate surface area is 167 Å². The molecule has 2 aliphatic heterocycles. The molecule has 2 heterocycles. The van der Waals surface area contributed by atoms with Gasteiger partial charge in [-0.1, -0.05) is 11.6 Å². The van der Waals surface area contributed by atoms with Crippen molar-refractivity contribution in [3.63, 3.8) is 0 Å². The standard InChI is InChI=1S/C19H20ClN3O5/c1-2-28-18(26)12-7-9-22(10-8-12)11-15-16(24)21-19(27)23(17(15)25)14-5-3-13(20)4-6-14/h3-6,11-12H,2,7-10H2,1H3,(H,21,24,27). The van der Waals surface area contributed by atoms with Crippen LogP contribution < -0.4 is 10.2 Å². The second kappa shape index (κ2) is 8.43. The van der Waals surface area contributed by atoms with E-state index in [0.717, 1.165) is 4.90 Å². The topological polar surface area (TPSA) is 96.0 Å². The fourth-order valence-electron chi connectivity index (χ4n) is 3.18. The first-order valence-corrected chi connectivity index (χ1v) is 9.36. The number of anilines is 1. The van der Waals surface area contributed by atoms with Crippen molar-refractivity contribution in [1.29, 1.82) is 0 Å². The number of barbiturate groups is 1. The molecule has 3 rings (SSSR count). The zero-order valence-electron chi connectivity index (χ0n) is 15.3. The highest BCUT2D eigenvalue weighted by Gasteiger charge is 2.37. The van der Waals surface area contributed by atoms with Crippen LogP contribution in [-0.4, -0.2) is 48.4 Å². The van der Waals surface area contributed by atoms with Gasteiger partial charge in [0.2, 0.25) is 0 Å². The van der Waals surface area contributed by atoms with E-state index in [1.807, 2.05) is 0 Å². The van der Waals surface area contributed by atoms with Crippen LogP contribution in [0.5, 0.6) is 0 Å². The Hall–Kier alpha value is -2.87. The Morgan fingerprint density at radius 2 is 1.86 bits per heavy atom. The minimum absolute atomic E-state index is 0.135. The number of benzene rings is 1. The molecule has 28 heavy (non-hydrogen) atoms. The van der Waals surface area contributed by atoms with Crippen molar-refractivity contribution in [1.82, 2.24) is 10.2 Å². The number of nitrogens with zero attached hydrogens (tertiary/aromatic N) is 2. The minimum atomic E-state index is -0.810. The van der Waals surface area contributed by atoms with Crippen molar-refractivity contribution < 1.29 is 23.9 Å². The van der Waals surface area contributed by atoms with E-state index in [0.29, 0.717) is 43.2 Å². The van der Waals surface area contributed by atoms with Crippen LogP contribution in [0.2, 0.25) is 5.02 Å². The lowest BCUT2D eigenvalue weighted by Crippen LogP contribution is -2.55. The van der Waals surface area contributed by atoms with Crippen molar-refractivity contribution in [2.75, 3.05) is 24.6 Å². The number of piperidine rings is 1. The van der Waals surface area contributed by atoms with Gasteiger partial charge in [0, 0.05) is 24.3 Å². The number of amides is 4. The van der Waals surface area contributed by atoms with E-state index in [2.05, 4.69) is 5.32 Å². The number of carbonyl (C=O) groups excluding carboxylic acids is 4. The largest absolute Gasteiger partial charge is 0.466 e. The second-order valence-electron chi connectivity index (χ2n) is 6.48. The van der Waals surface area contributed by atoms with Crippen LogP contribution in [0.15, 0.2) is 36.0 Å². The summed E-state index contributed by atoms with van der Waals surface area (Å²) in [6.07, 6.45) is 2.59. The zero-order valence-corrected chi connectivity index (χ0v) is 16.1. The van der Waals surface area contributed by atoms with Crippen LogP contribution in [-0.2, 0) is 19.1 Å². The third-order valence-corrected chi connectivity index (χ3v) is 4.90. The van der Waals surface area contributed by atoms with Gasteiger partial charge < -0.3 is 9.64 Å². The maximum absolute atomic E-state index is 12.8. The summed E-state index contributed by atoms with van der Waals surface area (Å²) in [6, 6.07) is 5.35. The number of hydrogen-bond donors (Lipinski definition) is 1. The van der Waals surface area contributed by atoms with Crippen LogP contribution in [0, 0.1) is 5.92 Å². The van der Waals surface area contributed by atoms with Crippen LogP contribution in [0.3, 0.4) is 0 Å². The fraction of sp³-hybridized carbons (Fsp3) is 0.368. The van der Waals surface area contributed by atoms with Crippen LogP contribution in [0.1, 0.15) is 19.8 Å². The van der Waals surface area contributed by atoms with E-state index in [-0.39, 0.29) is 17.5 Å². The Morgan fingerprint density at radius 1 is 1.21 bits per heavy atom. The lowest BCUT2D eigenvalue weighted by Gasteiger charge is -2.32. The Morgan fingerprint density at radius 3 is 2.46 bits per heavy atom. The van der Waals surface area contributed by atoms with Gasteiger partial charge in [0.1, 0.15) is 5.57 Å². The summed E-state index contributed by atoms with van der Waals surface area (Å²) < 4.78 is 5.04. The first kappa shape index (κ1) is 19.9. The highest BCUT2D eigenvalue weighted by Crippen LogP contribution is 2.24. The van der Waals surface area contributed by atoms with Crippen LogP contribution in [0.25, 0.3) is 0 Å². The molecule has 0 aromatic heterocycles. The molecule has 0 saturated carbocycles. The van der Waals surface area contributed by atoms with Crippen molar-refractivity contribution in [3.8, 4) is 0 Å². The number of halogens is 1. The number of rotatable bonds is 4. The highest BCUT2D eigenvalue weighted by molar-refractivity contribution is 6.37. The summed E-state index contributed by atoms with van der Waals surface area (Å²) in [4.78, 5) is 51.7. The average molecular weight is 406 g/mol. The summed E-state index contributed by atoms with van der Waals surface area (Å²) in [5.41, 5.74) is 0.176. The van der Waals surface area contributed by atoms with E-state index in [1.165, 1.54) is 18.3 Å². The molecule has 0 unspecified atom stereocenters. The van der Waals surface area contributed by atoms with E-state index >= 15 is 0 Å². The number of imide groups is 2. The second-order valence-corrected chi connectivity index (χ2v) is 6.92.